The molecule has 0 N–H and O–H groups in total. The summed E-state index contributed by atoms with van der Waals surface area (Å²) < 4.78 is 4.46. The summed E-state index contributed by atoms with van der Waals surface area (Å²) in [6.45, 7) is 1.51. The molecule has 1 saturated carbocycles. The highest BCUT2D eigenvalue weighted by molar-refractivity contribution is 5.89. The van der Waals surface area contributed by atoms with Gasteiger partial charge in [-0.3, -0.25) is 9.59 Å². The first kappa shape index (κ1) is 7.25. The van der Waals surface area contributed by atoms with Gasteiger partial charge in [0.2, 0.25) is 0 Å². The lowest BCUT2D eigenvalue weighted by atomic mass is 10.2. The summed E-state index contributed by atoms with van der Waals surface area (Å²) in [6, 6.07) is 0. The van der Waals surface area contributed by atoms with Crippen molar-refractivity contribution < 1.29 is 14.3 Å². The molecule has 3 nitrogen and oxygen atoms in total. The van der Waals surface area contributed by atoms with Gasteiger partial charge in [0, 0.05) is 5.92 Å². The second-order valence-electron chi connectivity index (χ2n) is 2.58. The van der Waals surface area contributed by atoms with Crippen molar-refractivity contribution in [3.05, 3.63) is 0 Å². The van der Waals surface area contributed by atoms with E-state index in [4.69, 9.17) is 0 Å². The molecule has 0 aromatic carbocycles. The molecule has 3 heteroatoms. The quantitative estimate of drug-likeness (QED) is 0.523. The van der Waals surface area contributed by atoms with Gasteiger partial charge < -0.3 is 4.74 Å². The molecule has 0 aromatic heterocycles. The number of ether oxygens (including phenoxy) is 1. The van der Waals surface area contributed by atoms with Crippen LogP contribution in [0.3, 0.4) is 0 Å². The van der Waals surface area contributed by atoms with Crippen molar-refractivity contribution in [2.75, 3.05) is 7.11 Å². The molecule has 56 valence electrons. The van der Waals surface area contributed by atoms with E-state index in [9.17, 15) is 9.59 Å². The number of carbonyl (C=O) groups is 2. The number of hydrogen-bond acceptors (Lipinski definition) is 3. The van der Waals surface area contributed by atoms with Crippen LogP contribution >= 0.6 is 0 Å². The zero-order valence-electron chi connectivity index (χ0n) is 6.09. The molecule has 0 aliphatic heterocycles. The van der Waals surface area contributed by atoms with E-state index < -0.39 is 0 Å². The summed E-state index contributed by atoms with van der Waals surface area (Å²) in [6.07, 6.45) is 0.683. The van der Waals surface area contributed by atoms with Crippen LogP contribution in [-0.2, 0) is 14.3 Å². The highest BCUT2D eigenvalue weighted by Gasteiger charge is 2.46. The van der Waals surface area contributed by atoms with Crippen LogP contribution in [0.5, 0.6) is 0 Å². The Labute approximate surface area is 59.4 Å². The number of carbonyl (C=O) groups excluding carboxylic acids is 2. The Hall–Kier alpha value is -0.860. The first-order valence-corrected chi connectivity index (χ1v) is 3.25. The normalized spacial score (nSPS) is 29.4. The van der Waals surface area contributed by atoms with Crippen LogP contribution in [0.2, 0.25) is 0 Å². The van der Waals surface area contributed by atoms with Gasteiger partial charge in [0.05, 0.1) is 13.0 Å². The van der Waals surface area contributed by atoms with Gasteiger partial charge in [0.1, 0.15) is 5.78 Å². The van der Waals surface area contributed by atoms with E-state index >= 15 is 0 Å². The molecule has 0 heterocycles. The standard InChI is InChI=1S/C7H10O3/c1-4(8)5-3-6(5)7(9)10-2/h5-6H,3H2,1-2H3. The Morgan fingerprint density at radius 2 is 2.00 bits per heavy atom. The van der Waals surface area contributed by atoms with E-state index in [2.05, 4.69) is 4.74 Å². The topological polar surface area (TPSA) is 43.4 Å². The third-order valence-electron chi connectivity index (χ3n) is 1.82. The molecular weight excluding hydrogens is 132 g/mol. The van der Waals surface area contributed by atoms with Gasteiger partial charge in [0.15, 0.2) is 0 Å². The minimum atomic E-state index is -0.250. The second-order valence-corrected chi connectivity index (χ2v) is 2.58. The largest absolute Gasteiger partial charge is 0.469 e. The monoisotopic (exact) mass is 142 g/mol. The molecule has 1 fully saturated rings. The summed E-state index contributed by atoms with van der Waals surface area (Å²) in [7, 11) is 1.35. The summed E-state index contributed by atoms with van der Waals surface area (Å²) >= 11 is 0. The minimum absolute atomic E-state index is 0.0487. The van der Waals surface area contributed by atoms with Crippen molar-refractivity contribution in [1.82, 2.24) is 0 Å². The first-order valence-electron chi connectivity index (χ1n) is 3.25. The molecule has 0 radical (unpaired) electrons. The van der Waals surface area contributed by atoms with Crippen molar-refractivity contribution in [2.24, 2.45) is 11.8 Å². The maximum Gasteiger partial charge on any atom is 0.309 e. The van der Waals surface area contributed by atoms with Crippen molar-refractivity contribution in [2.45, 2.75) is 13.3 Å². The smallest absolute Gasteiger partial charge is 0.309 e. The number of hydrogen-bond donors (Lipinski definition) is 0. The average Bonchev–Trinajstić information content (AvgIpc) is 2.64. The van der Waals surface area contributed by atoms with E-state index in [1.165, 1.54) is 14.0 Å². The lowest BCUT2D eigenvalue weighted by Crippen LogP contribution is -2.07. The molecular formula is C7H10O3. The molecule has 0 amide bonds. The fourth-order valence-corrected chi connectivity index (χ4v) is 1.06. The molecule has 10 heavy (non-hydrogen) atoms. The Morgan fingerprint density at radius 3 is 2.30 bits per heavy atom. The van der Waals surface area contributed by atoms with E-state index in [1.54, 1.807) is 0 Å². The van der Waals surface area contributed by atoms with Crippen LogP contribution in [0.15, 0.2) is 0 Å². The van der Waals surface area contributed by atoms with Crippen LogP contribution in [0, 0.1) is 11.8 Å². The lowest BCUT2D eigenvalue weighted by Gasteiger charge is -1.93. The van der Waals surface area contributed by atoms with E-state index in [-0.39, 0.29) is 23.6 Å². The minimum Gasteiger partial charge on any atom is -0.469 e. The number of esters is 1. The molecule has 2 unspecified atom stereocenters. The SMILES string of the molecule is COC(=O)C1CC1C(C)=O. The van der Waals surface area contributed by atoms with Crippen LogP contribution in [-0.4, -0.2) is 18.9 Å². The van der Waals surface area contributed by atoms with Crippen LogP contribution in [0.25, 0.3) is 0 Å². The number of ketones is 1. The molecule has 0 saturated heterocycles. The maximum absolute atomic E-state index is 10.7. The fourth-order valence-electron chi connectivity index (χ4n) is 1.06. The summed E-state index contributed by atoms with van der Waals surface area (Å²) in [5.74, 6) is -0.342. The van der Waals surface area contributed by atoms with Crippen molar-refractivity contribution in [1.29, 1.82) is 0 Å². The zero-order chi connectivity index (χ0) is 7.72. The Balaban J connectivity index is 2.38. The van der Waals surface area contributed by atoms with Gasteiger partial charge in [-0.2, -0.15) is 0 Å². The lowest BCUT2D eigenvalue weighted by molar-refractivity contribution is -0.143. The third kappa shape index (κ3) is 1.17. The summed E-state index contributed by atoms with van der Waals surface area (Å²) in [4.78, 5) is 21.3. The van der Waals surface area contributed by atoms with Gasteiger partial charge in [-0.15, -0.1) is 0 Å². The molecule has 1 aliphatic rings. The summed E-state index contributed by atoms with van der Waals surface area (Å²) in [5.41, 5.74) is 0. The molecule has 0 aromatic rings. The van der Waals surface area contributed by atoms with E-state index in [0.29, 0.717) is 6.42 Å². The van der Waals surface area contributed by atoms with Crippen LogP contribution < -0.4 is 0 Å². The molecule has 1 aliphatic carbocycles. The van der Waals surface area contributed by atoms with Gasteiger partial charge >= 0.3 is 5.97 Å². The molecule has 0 bridgehead atoms. The highest BCUT2D eigenvalue weighted by atomic mass is 16.5. The van der Waals surface area contributed by atoms with E-state index in [0.717, 1.165) is 0 Å². The molecule has 1 rings (SSSR count). The highest BCUT2D eigenvalue weighted by Crippen LogP contribution is 2.39. The third-order valence-corrected chi connectivity index (χ3v) is 1.82. The van der Waals surface area contributed by atoms with Crippen molar-refractivity contribution in [3.63, 3.8) is 0 Å². The molecule has 0 spiro atoms. The van der Waals surface area contributed by atoms with Gasteiger partial charge in [0.25, 0.3) is 0 Å². The number of methoxy groups -OCH3 is 1. The zero-order valence-corrected chi connectivity index (χ0v) is 6.09. The van der Waals surface area contributed by atoms with Crippen LogP contribution in [0.4, 0.5) is 0 Å². The number of rotatable bonds is 2. The van der Waals surface area contributed by atoms with E-state index in [1.807, 2.05) is 0 Å². The van der Waals surface area contributed by atoms with Crippen LogP contribution in [0.1, 0.15) is 13.3 Å². The van der Waals surface area contributed by atoms with Gasteiger partial charge in [-0.25, -0.2) is 0 Å². The first-order chi connectivity index (χ1) is 4.66. The van der Waals surface area contributed by atoms with Gasteiger partial charge in [-0.1, -0.05) is 0 Å². The fraction of sp³-hybridized carbons (Fsp3) is 0.714. The number of Topliss-reactive ketones (excluding diaryl/α,β-unsaturated/α-hetero) is 1. The van der Waals surface area contributed by atoms with Crippen molar-refractivity contribution >= 4 is 11.8 Å². The van der Waals surface area contributed by atoms with Gasteiger partial charge in [-0.05, 0) is 13.3 Å². The molecule has 2 atom stereocenters. The van der Waals surface area contributed by atoms with Crippen molar-refractivity contribution in [3.8, 4) is 0 Å². The average molecular weight is 142 g/mol. The Kier molecular flexibility index (Phi) is 1.74. The predicted octanol–water partition coefficient (Wildman–Crippen LogP) is 0.384. The summed E-state index contributed by atoms with van der Waals surface area (Å²) in [5, 5.41) is 0. The Morgan fingerprint density at radius 1 is 1.40 bits per heavy atom. The second kappa shape index (κ2) is 2.40. The predicted molar refractivity (Wildman–Crippen MR) is 34.3 cm³/mol. The Bertz CT molecular complexity index is 174. The maximum atomic E-state index is 10.7.